The van der Waals surface area contributed by atoms with Crippen molar-refractivity contribution in [2.45, 2.75) is 92.2 Å². The van der Waals surface area contributed by atoms with E-state index in [0.29, 0.717) is 23.7 Å². The normalized spacial score (nSPS) is 16.5. The van der Waals surface area contributed by atoms with E-state index in [1.807, 2.05) is 86.0 Å². The molecule has 4 aliphatic heterocycles. The minimum Gasteiger partial charge on any atom is -0.384 e. The van der Waals surface area contributed by atoms with Crippen molar-refractivity contribution in [1.82, 2.24) is 54.4 Å². The molecule has 412 valence electrons. The van der Waals surface area contributed by atoms with E-state index >= 15 is 0 Å². The van der Waals surface area contributed by atoms with Gasteiger partial charge >= 0.3 is 0 Å². The van der Waals surface area contributed by atoms with Crippen LogP contribution in [0.15, 0.2) is 85.7 Å². The lowest BCUT2D eigenvalue weighted by atomic mass is 9.97. The molecular weight excluding hydrogens is 987 g/mol. The number of anilines is 2. The zero-order valence-electron chi connectivity index (χ0n) is 47.3. The minimum absolute atomic E-state index is 0.0912. The van der Waals surface area contributed by atoms with Crippen LogP contribution in [0.5, 0.6) is 0 Å². The number of aromatic nitrogens is 6. The number of nitrogens with two attached hydrogens (primary N) is 2. The monoisotopic (exact) mass is 1060 g/mol. The number of ether oxygens (including phenoxy) is 1. The quantitative estimate of drug-likeness (QED) is 0.142. The molecule has 0 bridgehead atoms. The minimum atomic E-state index is 0.0912. The van der Waals surface area contributed by atoms with Crippen molar-refractivity contribution in [2.75, 3.05) is 97.2 Å². The largest absolute Gasteiger partial charge is 0.384 e. The summed E-state index contributed by atoms with van der Waals surface area (Å²) < 4.78 is 5.51. The molecule has 2 aromatic carbocycles. The van der Waals surface area contributed by atoms with Crippen LogP contribution in [0.2, 0.25) is 0 Å². The second kappa shape index (κ2) is 27.8. The first-order chi connectivity index (χ1) is 38.5. The molecule has 0 saturated carbocycles. The van der Waals surface area contributed by atoms with Gasteiger partial charge < -0.3 is 30.9 Å². The smallest absolute Gasteiger partial charge is 0.254 e. The molecule has 16 heteroatoms. The summed E-state index contributed by atoms with van der Waals surface area (Å²) in [6.45, 7) is 23.2. The number of hydrogen-bond acceptors (Lipinski definition) is 14. The summed E-state index contributed by atoms with van der Waals surface area (Å²) in [5.74, 6) is 14.0. The van der Waals surface area contributed by atoms with E-state index in [2.05, 4.69) is 89.2 Å². The molecule has 10 rings (SSSR count). The molecule has 0 aliphatic carbocycles. The highest BCUT2D eigenvalue weighted by Crippen LogP contribution is 2.29. The summed E-state index contributed by atoms with van der Waals surface area (Å²) in [4.78, 5) is 64.8. The van der Waals surface area contributed by atoms with Crippen molar-refractivity contribution in [3.63, 3.8) is 0 Å². The number of hydrogen-bond donors (Lipinski definition) is 2. The second-order valence-corrected chi connectivity index (χ2v) is 20.3. The van der Waals surface area contributed by atoms with Crippen LogP contribution in [-0.4, -0.2) is 164 Å². The fourth-order valence-corrected chi connectivity index (χ4v) is 10.7. The maximum Gasteiger partial charge on any atom is 0.254 e. The summed E-state index contributed by atoms with van der Waals surface area (Å²) >= 11 is 0. The molecule has 0 unspecified atom stereocenters. The van der Waals surface area contributed by atoms with E-state index in [1.165, 1.54) is 0 Å². The van der Waals surface area contributed by atoms with Crippen LogP contribution in [0.25, 0.3) is 22.5 Å². The maximum atomic E-state index is 13.5. The number of nitrogens with zero attached hydrogens (tertiary/aromatic N) is 11. The van der Waals surface area contributed by atoms with Gasteiger partial charge in [0.05, 0.1) is 33.9 Å². The number of benzene rings is 2. The fraction of sp³-hybridized carbons (Fsp3) is 0.429. The van der Waals surface area contributed by atoms with E-state index in [-0.39, 0.29) is 11.8 Å². The number of nitrogen functional groups attached to an aromatic ring is 2. The van der Waals surface area contributed by atoms with Gasteiger partial charge in [-0.3, -0.25) is 19.4 Å². The lowest BCUT2D eigenvalue weighted by molar-refractivity contribution is 0.0137. The number of likely N-dealkylation sites (tertiary alicyclic amines) is 1. The molecule has 0 spiro atoms. The molecule has 4 aromatic heterocycles. The average Bonchev–Trinajstić information content (AvgIpc) is 3.49. The number of carbonyl (C=O) groups is 2. The molecular formula is C63H77N13O3. The van der Waals surface area contributed by atoms with Gasteiger partial charge in [0.25, 0.3) is 11.8 Å². The number of rotatable bonds is 8. The van der Waals surface area contributed by atoms with Crippen LogP contribution in [0.1, 0.15) is 119 Å². The highest BCUT2D eigenvalue weighted by Gasteiger charge is 2.31. The number of carbonyl (C=O) groups excluding carboxylic acids is 2. The molecule has 0 atom stereocenters. The van der Waals surface area contributed by atoms with E-state index in [4.69, 9.17) is 16.2 Å². The SMILES string of the molecule is CC.CCc1ncnc(-c2ccc(C(=O)N3CCC(N4CCN(C)CC4)CC3)c(C)c2)c1C#Cc1ccc(N)nc1.CCc1ncnc(-c2ccc(C(=O)N3CCN(C4CCOCC4)CC3)c(C)c2)c1C#Cc1ccc(N)nc1. The van der Waals surface area contributed by atoms with E-state index in [1.54, 1.807) is 37.2 Å². The van der Waals surface area contributed by atoms with Crippen molar-refractivity contribution < 1.29 is 14.3 Å². The topological polar surface area (TPSA) is 189 Å². The summed E-state index contributed by atoms with van der Waals surface area (Å²) in [7, 11) is 2.19. The Kier molecular flexibility index (Phi) is 20.3. The highest BCUT2D eigenvalue weighted by atomic mass is 16.5. The van der Waals surface area contributed by atoms with Gasteiger partial charge in [0.15, 0.2) is 0 Å². The van der Waals surface area contributed by atoms with Gasteiger partial charge in [0.2, 0.25) is 0 Å². The number of piperidine rings is 1. The van der Waals surface area contributed by atoms with Crippen LogP contribution in [-0.2, 0) is 17.6 Å². The molecule has 0 radical (unpaired) electrons. The predicted octanol–water partition coefficient (Wildman–Crippen LogP) is 7.60. The lowest BCUT2D eigenvalue weighted by Gasteiger charge is -2.42. The zero-order chi connectivity index (χ0) is 55.8. The lowest BCUT2D eigenvalue weighted by Crippen LogP contribution is -2.53. The van der Waals surface area contributed by atoms with E-state index in [9.17, 15) is 9.59 Å². The molecule has 79 heavy (non-hydrogen) atoms. The Hall–Kier alpha value is -7.60. The van der Waals surface area contributed by atoms with E-state index in [0.717, 1.165) is 196 Å². The number of aryl methyl sites for hydroxylation is 4. The fourth-order valence-electron chi connectivity index (χ4n) is 10.7. The molecule has 6 aromatic rings. The third kappa shape index (κ3) is 14.6. The van der Waals surface area contributed by atoms with Crippen molar-refractivity contribution in [3.05, 3.63) is 142 Å². The molecule has 4 fully saturated rings. The van der Waals surface area contributed by atoms with Gasteiger partial charge in [0, 0.05) is 137 Å². The molecule has 4 N–H and O–H groups in total. The first kappa shape index (κ1) is 57.6. The van der Waals surface area contributed by atoms with Crippen LogP contribution >= 0.6 is 0 Å². The highest BCUT2D eigenvalue weighted by molar-refractivity contribution is 5.97. The number of pyridine rings is 2. The van der Waals surface area contributed by atoms with Crippen molar-refractivity contribution in [2.24, 2.45) is 0 Å². The third-order valence-electron chi connectivity index (χ3n) is 15.3. The Bertz CT molecular complexity index is 3150. The number of likely N-dealkylation sites (N-methyl/N-ethyl adjacent to an activating group) is 1. The zero-order valence-corrected chi connectivity index (χ0v) is 47.3. The van der Waals surface area contributed by atoms with Gasteiger partial charge in [-0.15, -0.1) is 0 Å². The Morgan fingerprint density at radius 1 is 0.544 bits per heavy atom. The van der Waals surface area contributed by atoms with Gasteiger partial charge in [-0.25, -0.2) is 29.9 Å². The predicted molar refractivity (Wildman–Crippen MR) is 313 cm³/mol. The van der Waals surface area contributed by atoms with Crippen molar-refractivity contribution >= 4 is 23.5 Å². The molecule has 8 heterocycles. The molecule has 4 saturated heterocycles. The standard InChI is InChI=1S/C31H37N7O.C30H34N6O2.C2H6/c1-4-28-27(8-5-23-6-10-29(32)33-20-23)30(35-21-34-28)24-7-9-26(22(2)19-24)31(39)38-13-11-25(12-14-38)37-17-15-36(3)16-18-37;1-3-27-26(7-4-22-5-9-28(31)32-19-22)29(34-20-33-27)23-6-8-25(21(2)18-23)30(37)36-14-12-35(13-15-36)24-10-16-38-17-11-24;1-2/h6-7,9-10,19-21,25H,4,11-18H2,1-3H3,(H2,32,33);5-6,8-9,18-20,24H,3,10-17H2,1-2H3,(H2,31,32);1-2H3. The van der Waals surface area contributed by atoms with Crippen LogP contribution in [0, 0.1) is 37.5 Å². The molecule has 4 aliphatic rings. The van der Waals surface area contributed by atoms with Gasteiger partial charge in [-0.1, -0.05) is 63.5 Å². The Labute approximate surface area is 467 Å². The van der Waals surface area contributed by atoms with Gasteiger partial charge in [0.1, 0.15) is 24.3 Å². The van der Waals surface area contributed by atoms with Gasteiger partial charge in [-0.2, -0.15) is 0 Å². The second-order valence-electron chi connectivity index (χ2n) is 20.3. The molecule has 2 amide bonds. The van der Waals surface area contributed by atoms with Crippen molar-refractivity contribution in [3.8, 4) is 46.2 Å². The summed E-state index contributed by atoms with van der Waals surface area (Å²) in [5, 5.41) is 0. The van der Waals surface area contributed by atoms with Crippen LogP contribution < -0.4 is 11.5 Å². The first-order valence-electron chi connectivity index (χ1n) is 28.2. The van der Waals surface area contributed by atoms with E-state index < -0.39 is 0 Å². The number of amides is 2. The third-order valence-corrected chi connectivity index (χ3v) is 15.3. The number of piperazine rings is 2. The summed E-state index contributed by atoms with van der Waals surface area (Å²) in [6, 6.07) is 20.2. The Morgan fingerprint density at radius 3 is 1.39 bits per heavy atom. The van der Waals surface area contributed by atoms with Gasteiger partial charge in [-0.05, 0) is 119 Å². The van der Waals surface area contributed by atoms with Crippen molar-refractivity contribution in [1.29, 1.82) is 0 Å². The Morgan fingerprint density at radius 2 is 0.975 bits per heavy atom. The molecule has 16 nitrogen and oxygen atoms in total. The first-order valence-corrected chi connectivity index (χ1v) is 28.2. The summed E-state index contributed by atoms with van der Waals surface area (Å²) in [5.41, 5.74) is 23.0. The van der Waals surface area contributed by atoms with Crippen LogP contribution in [0.4, 0.5) is 11.6 Å². The van der Waals surface area contributed by atoms with Crippen LogP contribution in [0.3, 0.4) is 0 Å². The summed E-state index contributed by atoms with van der Waals surface area (Å²) in [6.07, 6.45) is 12.2. The maximum absolute atomic E-state index is 13.5. The Balaban J connectivity index is 0.000000202. The average molecular weight is 1060 g/mol.